The van der Waals surface area contributed by atoms with Crippen LogP contribution < -0.4 is 5.32 Å². The molecular weight excluding hydrogens is 258 g/mol. The number of carboxylic acids is 1. The van der Waals surface area contributed by atoms with Crippen LogP contribution in [0.15, 0.2) is 24.3 Å². The second kappa shape index (κ2) is 4.97. The number of aliphatic carboxylic acids is 1. The molecule has 2 N–H and O–H groups in total. The molecule has 0 aliphatic carbocycles. The van der Waals surface area contributed by atoms with Crippen LogP contribution in [0, 0.1) is 0 Å². The lowest BCUT2D eigenvalue weighted by Gasteiger charge is -2.05. The summed E-state index contributed by atoms with van der Waals surface area (Å²) in [5.74, 6) is -1.87. The molecule has 2 aromatic rings. The zero-order chi connectivity index (χ0) is 13.1. The highest BCUT2D eigenvalue weighted by atomic mass is 35.5. The lowest BCUT2D eigenvalue weighted by Crippen LogP contribution is -2.17. The smallest absolute Gasteiger partial charge is 0.312 e. The molecule has 0 atom stereocenters. The topological polar surface area (TPSA) is 92.2 Å². The van der Waals surface area contributed by atoms with Crippen molar-refractivity contribution >= 4 is 40.3 Å². The molecule has 0 aliphatic heterocycles. The predicted molar refractivity (Wildman–Crippen MR) is 65.4 cm³/mol. The molecule has 2 rings (SSSR count). The number of hydrogen-bond donors (Lipinski definition) is 2. The number of para-hydroxylation sites is 2. The van der Waals surface area contributed by atoms with Gasteiger partial charge in [-0.3, -0.25) is 9.59 Å². The van der Waals surface area contributed by atoms with E-state index in [0.29, 0.717) is 11.0 Å². The van der Waals surface area contributed by atoms with Gasteiger partial charge in [-0.05, 0) is 12.1 Å². The number of rotatable bonds is 3. The summed E-state index contributed by atoms with van der Waals surface area (Å²) in [6.45, 7) is 0. The van der Waals surface area contributed by atoms with Crippen molar-refractivity contribution in [2.75, 3.05) is 5.32 Å². The van der Waals surface area contributed by atoms with Crippen molar-refractivity contribution in [2.45, 2.75) is 6.42 Å². The lowest BCUT2D eigenvalue weighted by molar-refractivity contribution is -0.139. The van der Waals surface area contributed by atoms with Gasteiger partial charge in [0.1, 0.15) is 6.42 Å². The maximum Gasteiger partial charge on any atom is 0.312 e. The number of hydrogen-bond acceptors (Lipinski definition) is 4. The zero-order valence-electron chi connectivity index (χ0n) is 9.05. The van der Waals surface area contributed by atoms with Crippen molar-refractivity contribution < 1.29 is 14.7 Å². The fraction of sp³-hybridized carbons (Fsp3) is 0.0909. The maximum absolute atomic E-state index is 11.3. The van der Waals surface area contributed by atoms with Crippen LogP contribution in [0.25, 0.3) is 11.0 Å². The fourth-order valence-corrected chi connectivity index (χ4v) is 1.55. The average molecular weight is 266 g/mol. The molecule has 1 aromatic heterocycles. The van der Waals surface area contributed by atoms with Crippen LogP contribution in [-0.4, -0.2) is 27.0 Å². The van der Waals surface area contributed by atoms with Crippen LogP contribution in [0.5, 0.6) is 0 Å². The largest absolute Gasteiger partial charge is 0.481 e. The van der Waals surface area contributed by atoms with Gasteiger partial charge >= 0.3 is 5.97 Å². The minimum absolute atomic E-state index is 0.0208. The van der Waals surface area contributed by atoms with Crippen molar-refractivity contribution in [2.24, 2.45) is 0 Å². The molecule has 1 amide bonds. The van der Waals surface area contributed by atoms with Crippen LogP contribution in [0.3, 0.4) is 0 Å². The third-order valence-electron chi connectivity index (χ3n) is 2.10. The van der Waals surface area contributed by atoms with Crippen molar-refractivity contribution in [3.63, 3.8) is 0 Å². The van der Waals surface area contributed by atoms with E-state index in [4.69, 9.17) is 16.7 Å². The van der Waals surface area contributed by atoms with Gasteiger partial charge in [0.15, 0.2) is 11.0 Å². The number of anilines is 1. The lowest BCUT2D eigenvalue weighted by atomic mass is 10.3. The molecule has 0 saturated heterocycles. The molecule has 7 heteroatoms. The average Bonchev–Trinajstić information content (AvgIpc) is 2.29. The number of nitrogens with one attached hydrogen (secondary N) is 1. The van der Waals surface area contributed by atoms with E-state index in [2.05, 4.69) is 15.3 Å². The molecule has 0 radical (unpaired) electrons. The Morgan fingerprint density at radius 1 is 1.22 bits per heavy atom. The SMILES string of the molecule is O=C(O)CC(=O)Nc1nc2ccccc2nc1Cl. The maximum atomic E-state index is 11.3. The highest BCUT2D eigenvalue weighted by Crippen LogP contribution is 2.20. The predicted octanol–water partition coefficient (Wildman–Crippen LogP) is 1.70. The summed E-state index contributed by atoms with van der Waals surface area (Å²) in [5, 5.41) is 10.8. The third kappa shape index (κ3) is 2.72. The van der Waals surface area contributed by atoms with Gasteiger partial charge < -0.3 is 10.4 Å². The first kappa shape index (κ1) is 12.3. The number of halogens is 1. The molecule has 1 heterocycles. The summed E-state index contributed by atoms with van der Waals surface area (Å²) in [6, 6.07) is 7.01. The summed E-state index contributed by atoms with van der Waals surface area (Å²) in [6.07, 6.45) is -0.648. The number of amides is 1. The minimum Gasteiger partial charge on any atom is -0.481 e. The quantitative estimate of drug-likeness (QED) is 0.824. The molecule has 92 valence electrons. The van der Waals surface area contributed by atoms with E-state index in [1.807, 2.05) is 0 Å². The Hall–Kier alpha value is -2.21. The molecule has 18 heavy (non-hydrogen) atoms. The highest BCUT2D eigenvalue weighted by Gasteiger charge is 2.12. The number of carboxylic acid groups (broad SMARTS) is 1. The van der Waals surface area contributed by atoms with Gasteiger partial charge in [-0.15, -0.1) is 0 Å². The molecule has 1 aromatic carbocycles. The van der Waals surface area contributed by atoms with Crippen molar-refractivity contribution in [3.8, 4) is 0 Å². The zero-order valence-corrected chi connectivity index (χ0v) is 9.81. The van der Waals surface area contributed by atoms with Gasteiger partial charge in [-0.1, -0.05) is 23.7 Å². The minimum atomic E-state index is -1.22. The number of carbonyl (C=O) groups excluding carboxylic acids is 1. The Kier molecular flexibility index (Phi) is 3.38. The van der Waals surface area contributed by atoms with E-state index in [9.17, 15) is 9.59 Å². The molecule has 0 bridgehead atoms. The van der Waals surface area contributed by atoms with Crippen LogP contribution in [0.4, 0.5) is 5.82 Å². The van der Waals surface area contributed by atoms with E-state index < -0.39 is 18.3 Å². The Morgan fingerprint density at radius 3 is 2.44 bits per heavy atom. The summed E-state index contributed by atoms with van der Waals surface area (Å²) in [5.41, 5.74) is 1.16. The standard InChI is InChI=1S/C11H8ClN3O3/c12-10-11(15-8(16)5-9(17)18)14-7-4-2-1-3-6(7)13-10/h1-4H,5H2,(H,17,18)(H,14,15,16). The molecule has 0 unspecified atom stereocenters. The number of fused-ring (bicyclic) bond motifs is 1. The van der Waals surface area contributed by atoms with E-state index in [-0.39, 0.29) is 11.0 Å². The van der Waals surface area contributed by atoms with Crippen molar-refractivity contribution in [1.82, 2.24) is 9.97 Å². The second-order valence-electron chi connectivity index (χ2n) is 3.47. The molecule has 0 aliphatic rings. The first-order valence-electron chi connectivity index (χ1n) is 5.00. The van der Waals surface area contributed by atoms with Gasteiger partial charge in [-0.25, -0.2) is 9.97 Å². The summed E-state index contributed by atoms with van der Waals surface area (Å²) in [7, 11) is 0. The van der Waals surface area contributed by atoms with Gasteiger partial charge in [0, 0.05) is 0 Å². The van der Waals surface area contributed by atoms with E-state index >= 15 is 0 Å². The summed E-state index contributed by atoms with van der Waals surface area (Å²) in [4.78, 5) is 29.8. The summed E-state index contributed by atoms with van der Waals surface area (Å²) >= 11 is 5.85. The number of benzene rings is 1. The van der Waals surface area contributed by atoms with Gasteiger partial charge in [-0.2, -0.15) is 0 Å². The van der Waals surface area contributed by atoms with E-state index in [1.54, 1.807) is 24.3 Å². The van der Waals surface area contributed by atoms with E-state index in [0.717, 1.165) is 0 Å². The first-order chi connectivity index (χ1) is 8.56. The van der Waals surface area contributed by atoms with Crippen LogP contribution in [0.1, 0.15) is 6.42 Å². The third-order valence-corrected chi connectivity index (χ3v) is 2.36. The van der Waals surface area contributed by atoms with E-state index in [1.165, 1.54) is 0 Å². The molecule has 0 spiro atoms. The normalized spacial score (nSPS) is 10.3. The number of carbonyl (C=O) groups is 2. The van der Waals surface area contributed by atoms with Gasteiger partial charge in [0.2, 0.25) is 5.91 Å². The fourth-order valence-electron chi connectivity index (χ4n) is 1.37. The Labute approximate surface area is 107 Å². The highest BCUT2D eigenvalue weighted by molar-refractivity contribution is 6.32. The van der Waals surface area contributed by atoms with Crippen molar-refractivity contribution in [3.05, 3.63) is 29.4 Å². The molecule has 0 saturated carbocycles. The van der Waals surface area contributed by atoms with Crippen molar-refractivity contribution in [1.29, 1.82) is 0 Å². The van der Waals surface area contributed by atoms with Gasteiger partial charge in [0.05, 0.1) is 11.0 Å². The second-order valence-corrected chi connectivity index (χ2v) is 3.83. The summed E-state index contributed by atoms with van der Waals surface area (Å²) < 4.78 is 0. The Morgan fingerprint density at radius 2 is 1.83 bits per heavy atom. The molecule has 0 fully saturated rings. The molecule has 6 nitrogen and oxygen atoms in total. The van der Waals surface area contributed by atoms with Crippen LogP contribution in [0.2, 0.25) is 5.15 Å². The van der Waals surface area contributed by atoms with Crippen LogP contribution >= 0.6 is 11.6 Å². The first-order valence-corrected chi connectivity index (χ1v) is 5.38. The monoisotopic (exact) mass is 265 g/mol. The van der Waals surface area contributed by atoms with Crippen LogP contribution in [-0.2, 0) is 9.59 Å². The van der Waals surface area contributed by atoms with Gasteiger partial charge in [0.25, 0.3) is 0 Å². The Balaban J connectivity index is 2.30. The Bertz CT molecular complexity index is 630. The molecular formula is C11H8ClN3O3. The number of nitrogens with zero attached hydrogens (tertiary/aromatic N) is 2. The number of aromatic nitrogens is 2.